The van der Waals surface area contributed by atoms with Crippen LogP contribution in [0.2, 0.25) is 0 Å². The number of nitrogens with zero attached hydrogens (tertiary/aromatic N) is 1. The van der Waals surface area contributed by atoms with E-state index in [0.717, 1.165) is 5.01 Å². The lowest BCUT2D eigenvalue weighted by molar-refractivity contribution is 0.0941. The Bertz CT molecular complexity index is 338. The van der Waals surface area contributed by atoms with Gasteiger partial charge in [-0.05, 0) is 13.8 Å². The van der Waals surface area contributed by atoms with Crippen LogP contribution in [0.3, 0.4) is 0 Å². The van der Waals surface area contributed by atoms with Gasteiger partial charge in [0, 0.05) is 12.6 Å². The van der Waals surface area contributed by atoms with Crippen LogP contribution in [0.25, 0.3) is 0 Å². The lowest BCUT2D eigenvalue weighted by atomic mass is 10.2. The van der Waals surface area contributed by atoms with E-state index in [1.165, 1.54) is 17.5 Å². The summed E-state index contributed by atoms with van der Waals surface area (Å²) in [5.74, 6) is -0.197. The maximum Gasteiger partial charge on any atom is 0.263 e. The summed E-state index contributed by atoms with van der Waals surface area (Å²) in [7, 11) is 0. The molecule has 0 aliphatic carbocycles. The number of nitrogens with two attached hydrogens (primary N) is 1. The van der Waals surface area contributed by atoms with E-state index in [1.807, 2.05) is 6.92 Å². The van der Waals surface area contributed by atoms with Gasteiger partial charge in [0.1, 0.15) is 4.88 Å². The van der Waals surface area contributed by atoms with Crippen molar-refractivity contribution in [3.63, 3.8) is 0 Å². The molecule has 1 aromatic rings. The molecule has 5 nitrogen and oxygen atoms in total. The molecule has 0 radical (unpaired) electrons. The van der Waals surface area contributed by atoms with Crippen molar-refractivity contribution in [1.29, 1.82) is 0 Å². The summed E-state index contributed by atoms with van der Waals surface area (Å²) in [5.41, 5.74) is 5.57. The molecule has 0 aliphatic rings. The normalized spacial score (nSPS) is 14.7. The largest absolute Gasteiger partial charge is 0.392 e. The predicted octanol–water partition coefficient (Wildman–Crippen LogP) is -0.111. The second-order valence-electron chi connectivity index (χ2n) is 3.36. The number of carbonyl (C=O) groups excluding carboxylic acids is 1. The Kier molecular flexibility index (Phi) is 4.19. The van der Waals surface area contributed by atoms with Gasteiger partial charge in [-0.15, -0.1) is 11.3 Å². The molecule has 0 fully saturated rings. The summed E-state index contributed by atoms with van der Waals surface area (Å²) in [4.78, 5) is 16.0. The van der Waals surface area contributed by atoms with Gasteiger partial charge in [0.05, 0.1) is 17.3 Å². The first-order valence-electron chi connectivity index (χ1n) is 4.65. The molecule has 0 bridgehead atoms. The zero-order valence-corrected chi connectivity index (χ0v) is 9.54. The monoisotopic (exact) mass is 229 g/mol. The van der Waals surface area contributed by atoms with Crippen LogP contribution in [0.4, 0.5) is 0 Å². The number of aromatic nitrogens is 1. The molecule has 15 heavy (non-hydrogen) atoms. The van der Waals surface area contributed by atoms with E-state index >= 15 is 0 Å². The van der Waals surface area contributed by atoms with Crippen molar-refractivity contribution < 1.29 is 9.90 Å². The smallest absolute Gasteiger partial charge is 0.263 e. The number of nitrogens with one attached hydrogen (secondary N) is 1. The van der Waals surface area contributed by atoms with Gasteiger partial charge >= 0.3 is 0 Å². The van der Waals surface area contributed by atoms with Gasteiger partial charge in [-0.1, -0.05) is 0 Å². The lowest BCUT2D eigenvalue weighted by Gasteiger charge is -2.14. The number of amides is 1. The van der Waals surface area contributed by atoms with Crippen molar-refractivity contribution in [3.05, 3.63) is 16.1 Å². The first-order valence-corrected chi connectivity index (χ1v) is 5.46. The van der Waals surface area contributed by atoms with Gasteiger partial charge in [-0.25, -0.2) is 4.98 Å². The first kappa shape index (κ1) is 12.1. The van der Waals surface area contributed by atoms with Crippen molar-refractivity contribution >= 4 is 17.2 Å². The average Bonchev–Trinajstić information content (AvgIpc) is 2.60. The average molecular weight is 229 g/mol. The van der Waals surface area contributed by atoms with Crippen molar-refractivity contribution in [1.82, 2.24) is 10.3 Å². The Morgan fingerprint density at radius 3 is 2.93 bits per heavy atom. The van der Waals surface area contributed by atoms with Crippen LogP contribution >= 0.6 is 11.3 Å². The summed E-state index contributed by atoms with van der Waals surface area (Å²) < 4.78 is 0. The fraction of sp³-hybridized carbons (Fsp3) is 0.556. The van der Waals surface area contributed by atoms with Crippen LogP contribution in [0.1, 0.15) is 21.6 Å². The fourth-order valence-electron chi connectivity index (χ4n) is 0.935. The summed E-state index contributed by atoms with van der Waals surface area (Å²) >= 11 is 1.33. The first-order chi connectivity index (χ1) is 7.00. The van der Waals surface area contributed by atoms with Gasteiger partial charge in [0.15, 0.2) is 0 Å². The Labute approximate surface area is 92.3 Å². The number of thiazole rings is 1. The highest BCUT2D eigenvalue weighted by Crippen LogP contribution is 2.10. The van der Waals surface area contributed by atoms with E-state index in [2.05, 4.69) is 10.3 Å². The van der Waals surface area contributed by atoms with Crippen molar-refractivity contribution in [3.8, 4) is 0 Å². The van der Waals surface area contributed by atoms with Crippen molar-refractivity contribution in [2.45, 2.75) is 26.0 Å². The summed E-state index contributed by atoms with van der Waals surface area (Å²) in [6, 6.07) is -0.442. The molecule has 6 heteroatoms. The van der Waals surface area contributed by atoms with Gasteiger partial charge in [-0.2, -0.15) is 0 Å². The van der Waals surface area contributed by atoms with E-state index in [-0.39, 0.29) is 12.5 Å². The standard InChI is InChI=1S/C9H15N3O2S/c1-5(13)7(10)3-12-9(14)8-4-11-6(2)15-8/h4-5,7,13H,3,10H2,1-2H3,(H,12,14). The fourth-order valence-corrected chi connectivity index (χ4v) is 1.63. The van der Waals surface area contributed by atoms with Crippen LogP contribution in [-0.2, 0) is 0 Å². The summed E-state index contributed by atoms with van der Waals surface area (Å²) in [6.07, 6.45) is 0.900. The molecule has 0 aliphatic heterocycles. The number of aryl methyl sites for hydroxylation is 1. The summed E-state index contributed by atoms with van der Waals surface area (Å²) in [6.45, 7) is 3.68. The van der Waals surface area contributed by atoms with Gasteiger partial charge in [-0.3, -0.25) is 4.79 Å². The number of carbonyl (C=O) groups is 1. The molecule has 0 aromatic carbocycles. The zero-order chi connectivity index (χ0) is 11.4. The molecule has 1 amide bonds. The minimum atomic E-state index is -0.631. The van der Waals surface area contributed by atoms with Gasteiger partial charge in [0.2, 0.25) is 0 Å². The van der Waals surface area contributed by atoms with E-state index in [9.17, 15) is 4.79 Å². The topological polar surface area (TPSA) is 88.2 Å². The predicted molar refractivity (Wildman–Crippen MR) is 58.8 cm³/mol. The second kappa shape index (κ2) is 5.20. The van der Waals surface area contributed by atoms with Crippen LogP contribution in [0.15, 0.2) is 6.20 Å². The third kappa shape index (κ3) is 3.58. The highest BCUT2D eigenvalue weighted by atomic mass is 32.1. The van der Waals surface area contributed by atoms with Crippen molar-refractivity contribution in [2.75, 3.05) is 6.54 Å². The van der Waals surface area contributed by atoms with E-state index < -0.39 is 12.1 Å². The van der Waals surface area contributed by atoms with Gasteiger partial charge < -0.3 is 16.2 Å². The molecular formula is C9H15N3O2S. The van der Waals surface area contributed by atoms with Crippen LogP contribution in [0, 0.1) is 6.92 Å². The van der Waals surface area contributed by atoms with Crippen LogP contribution < -0.4 is 11.1 Å². The minimum absolute atomic E-state index is 0.197. The third-order valence-corrected chi connectivity index (χ3v) is 2.87. The van der Waals surface area contributed by atoms with Crippen molar-refractivity contribution in [2.24, 2.45) is 5.73 Å². The number of rotatable bonds is 4. The molecule has 4 N–H and O–H groups in total. The third-order valence-electron chi connectivity index (χ3n) is 1.96. The number of aliphatic hydroxyl groups excluding tert-OH is 1. The maximum absolute atomic E-state index is 11.5. The van der Waals surface area contributed by atoms with E-state index in [4.69, 9.17) is 10.8 Å². The molecule has 1 heterocycles. The maximum atomic E-state index is 11.5. The van der Waals surface area contributed by atoms with Crippen LogP contribution in [0.5, 0.6) is 0 Å². The quantitative estimate of drug-likeness (QED) is 0.672. The molecule has 0 saturated heterocycles. The van der Waals surface area contributed by atoms with Gasteiger partial charge in [0.25, 0.3) is 5.91 Å². The van der Waals surface area contributed by atoms with Crippen LogP contribution in [-0.4, -0.2) is 34.7 Å². The SMILES string of the molecule is Cc1ncc(C(=O)NCC(N)C(C)O)s1. The Hall–Kier alpha value is -0.980. The highest BCUT2D eigenvalue weighted by Gasteiger charge is 2.13. The summed E-state index contributed by atoms with van der Waals surface area (Å²) in [5, 5.41) is 12.6. The molecule has 1 aromatic heterocycles. The van der Waals surface area contributed by atoms with E-state index in [0.29, 0.717) is 4.88 Å². The Morgan fingerprint density at radius 2 is 2.47 bits per heavy atom. The Morgan fingerprint density at radius 1 is 1.80 bits per heavy atom. The number of aliphatic hydroxyl groups is 1. The van der Waals surface area contributed by atoms with E-state index in [1.54, 1.807) is 6.92 Å². The number of hydrogen-bond donors (Lipinski definition) is 3. The minimum Gasteiger partial charge on any atom is -0.392 e. The molecule has 84 valence electrons. The number of hydrogen-bond acceptors (Lipinski definition) is 5. The molecule has 0 spiro atoms. The molecule has 2 atom stereocenters. The molecule has 1 rings (SSSR count). The highest BCUT2D eigenvalue weighted by molar-refractivity contribution is 7.13. The zero-order valence-electron chi connectivity index (χ0n) is 8.73. The molecule has 0 saturated carbocycles. The second-order valence-corrected chi connectivity index (χ2v) is 4.59. The molecule has 2 unspecified atom stereocenters. The molecular weight excluding hydrogens is 214 g/mol. The lowest BCUT2D eigenvalue weighted by Crippen LogP contribution is -2.43. The Balaban J connectivity index is 2.43.